The van der Waals surface area contributed by atoms with Gasteiger partial charge in [0.15, 0.2) is 0 Å². The van der Waals surface area contributed by atoms with Crippen LogP contribution < -0.4 is 10.1 Å². The quantitative estimate of drug-likeness (QED) is 0.654. The first-order chi connectivity index (χ1) is 10.1. The minimum atomic E-state index is -2.90. The van der Waals surface area contributed by atoms with E-state index in [0.717, 1.165) is 0 Å². The van der Waals surface area contributed by atoms with Crippen molar-refractivity contribution >= 4 is 11.4 Å². The number of pyridine rings is 1. The van der Waals surface area contributed by atoms with Gasteiger partial charge in [-0.05, 0) is 18.2 Å². The number of aromatic nitrogens is 1. The molecular weight excluding hydrogens is 284 g/mol. The minimum absolute atomic E-state index is 0.0422. The van der Waals surface area contributed by atoms with Crippen LogP contribution in [0.5, 0.6) is 5.75 Å². The fourth-order valence-electron chi connectivity index (χ4n) is 1.66. The average molecular weight is 295 g/mol. The minimum Gasteiger partial charge on any atom is -0.433 e. The van der Waals surface area contributed by atoms with Crippen LogP contribution in [0, 0.1) is 10.1 Å². The molecule has 1 heterocycles. The number of halogens is 2. The van der Waals surface area contributed by atoms with Crippen LogP contribution in [-0.4, -0.2) is 16.5 Å². The highest BCUT2D eigenvalue weighted by molar-refractivity contribution is 5.61. The summed E-state index contributed by atoms with van der Waals surface area (Å²) in [5.41, 5.74) is 0.849. The molecule has 110 valence electrons. The molecule has 1 aromatic carbocycles. The molecule has 0 aliphatic rings. The zero-order chi connectivity index (χ0) is 15.2. The van der Waals surface area contributed by atoms with Crippen molar-refractivity contribution in [3.05, 3.63) is 58.4 Å². The molecule has 0 spiro atoms. The number of para-hydroxylation sites is 2. The summed E-state index contributed by atoms with van der Waals surface area (Å²) in [6.07, 6.45) is 1.17. The molecular formula is C13H11F2N3O3. The third-order valence-electron chi connectivity index (χ3n) is 2.58. The maximum absolute atomic E-state index is 12.0. The van der Waals surface area contributed by atoms with Gasteiger partial charge in [0.05, 0.1) is 23.4 Å². The molecule has 1 aromatic heterocycles. The SMILES string of the molecule is O=[N+]([O-])c1ccccc1NCc1ccc(OC(F)F)cn1. The van der Waals surface area contributed by atoms with Gasteiger partial charge in [-0.25, -0.2) is 0 Å². The summed E-state index contributed by atoms with van der Waals surface area (Å²) in [7, 11) is 0. The van der Waals surface area contributed by atoms with Crippen molar-refractivity contribution in [2.75, 3.05) is 5.32 Å². The summed E-state index contributed by atoms with van der Waals surface area (Å²) in [4.78, 5) is 14.3. The van der Waals surface area contributed by atoms with Gasteiger partial charge in [0.2, 0.25) is 0 Å². The molecule has 0 unspecified atom stereocenters. The normalized spacial score (nSPS) is 10.4. The first-order valence-electron chi connectivity index (χ1n) is 5.93. The fourth-order valence-corrected chi connectivity index (χ4v) is 1.66. The lowest BCUT2D eigenvalue weighted by Gasteiger charge is -2.07. The maximum Gasteiger partial charge on any atom is 0.387 e. The van der Waals surface area contributed by atoms with E-state index in [1.165, 1.54) is 24.4 Å². The van der Waals surface area contributed by atoms with Gasteiger partial charge in [0.25, 0.3) is 5.69 Å². The van der Waals surface area contributed by atoms with E-state index in [4.69, 9.17) is 0 Å². The molecule has 0 radical (unpaired) electrons. The Bertz CT molecular complexity index is 620. The smallest absolute Gasteiger partial charge is 0.387 e. The summed E-state index contributed by atoms with van der Waals surface area (Å²) < 4.78 is 28.1. The topological polar surface area (TPSA) is 77.3 Å². The van der Waals surface area contributed by atoms with E-state index in [-0.39, 0.29) is 18.0 Å². The van der Waals surface area contributed by atoms with E-state index in [9.17, 15) is 18.9 Å². The summed E-state index contributed by atoms with van der Waals surface area (Å²) >= 11 is 0. The Morgan fingerprint density at radius 3 is 2.67 bits per heavy atom. The Balaban J connectivity index is 2.02. The summed E-state index contributed by atoms with van der Waals surface area (Å²) in [6, 6.07) is 9.05. The van der Waals surface area contributed by atoms with Gasteiger partial charge in [-0.1, -0.05) is 12.1 Å². The van der Waals surface area contributed by atoms with Crippen molar-refractivity contribution in [2.24, 2.45) is 0 Å². The summed E-state index contributed by atoms with van der Waals surface area (Å²) in [6.45, 7) is -2.68. The number of hydrogen-bond donors (Lipinski definition) is 1. The number of nitro groups is 1. The van der Waals surface area contributed by atoms with Crippen LogP contribution in [0.1, 0.15) is 5.69 Å². The fraction of sp³-hybridized carbons (Fsp3) is 0.154. The highest BCUT2D eigenvalue weighted by atomic mass is 19.3. The van der Waals surface area contributed by atoms with Crippen molar-refractivity contribution in [3.8, 4) is 5.75 Å². The van der Waals surface area contributed by atoms with Crippen molar-refractivity contribution < 1.29 is 18.4 Å². The Hall–Kier alpha value is -2.77. The third-order valence-corrected chi connectivity index (χ3v) is 2.58. The zero-order valence-electron chi connectivity index (χ0n) is 10.7. The number of nitrogens with one attached hydrogen (secondary N) is 1. The Morgan fingerprint density at radius 2 is 2.05 bits per heavy atom. The number of ether oxygens (including phenoxy) is 1. The molecule has 2 rings (SSSR count). The molecule has 0 fully saturated rings. The van der Waals surface area contributed by atoms with Crippen LogP contribution in [0.15, 0.2) is 42.6 Å². The molecule has 0 saturated heterocycles. The first kappa shape index (κ1) is 14.6. The lowest BCUT2D eigenvalue weighted by molar-refractivity contribution is -0.384. The number of nitrogens with zero attached hydrogens (tertiary/aromatic N) is 2. The second-order valence-electron chi connectivity index (χ2n) is 3.99. The van der Waals surface area contributed by atoms with Crippen LogP contribution in [0.3, 0.4) is 0 Å². The van der Waals surface area contributed by atoms with Crippen LogP contribution in [0.4, 0.5) is 20.2 Å². The number of rotatable bonds is 6. The maximum atomic E-state index is 12.0. The van der Waals surface area contributed by atoms with Crippen molar-refractivity contribution in [1.82, 2.24) is 4.98 Å². The first-order valence-corrected chi connectivity index (χ1v) is 5.93. The highest BCUT2D eigenvalue weighted by Crippen LogP contribution is 2.23. The van der Waals surface area contributed by atoms with Gasteiger partial charge in [0.1, 0.15) is 11.4 Å². The van der Waals surface area contributed by atoms with Crippen LogP contribution in [0.25, 0.3) is 0 Å². The molecule has 1 N–H and O–H groups in total. The van der Waals surface area contributed by atoms with Gasteiger partial charge in [0, 0.05) is 6.07 Å². The van der Waals surface area contributed by atoms with E-state index < -0.39 is 11.5 Å². The van der Waals surface area contributed by atoms with Crippen LogP contribution in [0.2, 0.25) is 0 Å². The Kier molecular flexibility index (Phi) is 4.60. The predicted octanol–water partition coefficient (Wildman–Crippen LogP) is 3.20. The molecule has 0 aliphatic heterocycles. The largest absolute Gasteiger partial charge is 0.433 e. The molecule has 0 bridgehead atoms. The standard InChI is InChI=1S/C13H11F2N3O3/c14-13(15)21-10-6-5-9(16-8-10)7-17-11-3-1-2-4-12(11)18(19)20/h1-6,8,13,17H,7H2. The van der Waals surface area contributed by atoms with Crippen molar-refractivity contribution in [3.63, 3.8) is 0 Å². The third kappa shape index (κ3) is 4.10. The Labute approximate surface area is 118 Å². The van der Waals surface area contributed by atoms with E-state index in [2.05, 4.69) is 15.0 Å². The lowest BCUT2D eigenvalue weighted by atomic mass is 10.2. The zero-order valence-corrected chi connectivity index (χ0v) is 10.7. The molecule has 21 heavy (non-hydrogen) atoms. The summed E-state index contributed by atoms with van der Waals surface area (Å²) in [5, 5.41) is 13.7. The van der Waals surface area contributed by atoms with E-state index in [0.29, 0.717) is 11.4 Å². The van der Waals surface area contributed by atoms with Gasteiger partial charge in [-0.3, -0.25) is 15.1 Å². The van der Waals surface area contributed by atoms with Gasteiger partial charge >= 0.3 is 6.61 Å². The number of alkyl halides is 2. The number of anilines is 1. The lowest BCUT2D eigenvalue weighted by Crippen LogP contribution is -2.05. The molecule has 8 heteroatoms. The number of nitro benzene ring substituents is 1. The van der Waals surface area contributed by atoms with Crippen LogP contribution >= 0.6 is 0 Å². The molecule has 0 aliphatic carbocycles. The molecule has 0 saturated carbocycles. The van der Waals surface area contributed by atoms with Gasteiger partial charge in [-0.2, -0.15) is 8.78 Å². The summed E-state index contributed by atoms with van der Waals surface area (Å²) in [5.74, 6) is -0.0422. The Morgan fingerprint density at radius 1 is 1.29 bits per heavy atom. The van der Waals surface area contributed by atoms with E-state index >= 15 is 0 Å². The molecule has 2 aromatic rings. The molecule has 0 amide bonds. The second kappa shape index (κ2) is 6.60. The van der Waals surface area contributed by atoms with Gasteiger partial charge < -0.3 is 10.1 Å². The van der Waals surface area contributed by atoms with E-state index in [1.807, 2.05) is 0 Å². The predicted molar refractivity (Wildman–Crippen MR) is 71.3 cm³/mol. The number of benzene rings is 1. The van der Waals surface area contributed by atoms with Crippen LogP contribution in [-0.2, 0) is 6.54 Å². The van der Waals surface area contributed by atoms with Crippen molar-refractivity contribution in [2.45, 2.75) is 13.2 Å². The highest BCUT2D eigenvalue weighted by Gasteiger charge is 2.12. The molecule has 0 atom stereocenters. The van der Waals surface area contributed by atoms with Gasteiger partial charge in [-0.15, -0.1) is 0 Å². The van der Waals surface area contributed by atoms with E-state index in [1.54, 1.807) is 18.2 Å². The van der Waals surface area contributed by atoms with Crippen molar-refractivity contribution in [1.29, 1.82) is 0 Å². The second-order valence-corrected chi connectivity index (χ2v) is 3.99. The average Bonchev–Trinajstić information content (AvgIpc) is 2.46. The molecule has 6 nitrogen and oxygen atoms in total. The monoisotopic (exact) mass is 295 g/mol. The number of hydrogen-bond acceptors (Lipinski definition) is 5.